The third-order valence-electron chi connectivity index (χ3n) is 5.40. The van der Waals surface area contributed by atoms with E-state index in [-0.39, 0.29) is 23.5 Å². The number of nitrogens with one attached hydrogen (secondary N) is 2. The molecule has 2 amide bonds. The van der Waals surface area contributed by atoms with Crippen LogP contribution in [-0.4, -0.2) is 45.4 Å². The molecule has 0 aliphatic carbocycles. The van der Waals surface area contributed by atoms with Crippen molar-refractivity contribution < 1.29 is 19.1 Å². The number of hydrogen-bond acceptors (Lipinski definition) is 7. The Morgan fingerprint density at radius 2 is 1.92 bits per heavy atom. The number of nitrogens with zero attached hydrogens (tertiary/aromatic N) is 3. The van der Waals surface area contributed by atoms with Crippen LogP contribution in [0.2, 0.25) is 5.02 Å². The average Bonchev–Trinajstić information content (AvgIpc) is 3.29. The number of halogens is 1. The van der Waals surface area contributed by atoms with Crippen LogP contribution < -0.4 is 10.6 Å². The van der Waals surface area contributed by atoms with E-state index in [1.54, 1.807) is 54.6 Å². The van der Waals surface area contributed by atoms with Gasteiger partial charge in [-0.05, 0) is 42.7 Å². The molecule has 38 heavy (non-hydrogen) atoms. The molecule has 0 radical (unpaired) electrons. The van der Waals surface area contributed by atoms with Gasteiger partial charge in [-0.2, -0.15) is 0 Å². The summed E-state index contributed by atoms with van der Waals surface area (Å²) in [6.07, 6.45) is 2.32. The molecule has 0 unspecified atom stereocenters. The number of allylic oxidation sites excluding steroid dienone is 1. The Kier molecular flexibility index (Phi) is 10.5. The van der Waals surface area contributed by atoms with Crippen molar-refractivity contribution in [3.8, 4) is 0 Å². The Morgan fingerprint density at radius 1 is 1.16 bits per heavy atom. The number of thioether (sulfide) groups is 1. The quantitative estimate of drug-likeness (QED) is 0.180. The first-order valence-electron chi connectivity index (χ1n) is 11.9. The molecule has 0 bridgehead atoms. The molecule has 0 saturated carbocycles. The molecule has 2 N–H and O–H groups in total. The summed E-state index contributed by atoms with van der Waals surface area (Å²) in [6, 6.07) is 12.9. The lowest BCUT2D eigenvalue weighted by Crippen LogP contribution is -2.32. The van der Waals surface area contributed by atoms with Crippen LogP contribution in [0, 0.1) is 5.92 Å². The van der Waals surface area contributed by atoms with E-state index >= 15 is 0 Å². The second-order valence-corrected chi connectivity index (χ2v) is 10.1. The molecule has 1 aromatic heterocycles. The summed E-state index contributed by atoms with van der Waals surface area (Å²) in [7, 11) is 1.30. The highest BCUT2D eigenvalue weighted by Crippen LogP contribution is 2.26. The maximum atomic E-state index is 13.0. The third kappa shape index (κ3) is 7.69. The summed E-state index contributed by atoms with van der Waals surface area (Å²) in [4.78, 5) is 37.4. The molecule has 0 aliphatic rings. The van der Waals surface area contributed by atoms with Crippen LogP contribution in [0.1, 0.15) is 52.9 Å². The van der Waals surface area contributed by atoms with Gasteiger partial charge in [0.15, 0.2) is 11.0 Å². The largest absolute Gasteiger partial charge is 0.465 e. The number of carbonyl (C=O) groups excluding carboxylic acids is 3. The molecule has 1 atom stereocenters. The molecule has 0 aliphatic heterocycles. The molecule has 200 valence electrons. The number of carbonyl (C=O) groups is 3. The molecule has 0 fully saturated rings. The fourth-order valence-electron chi connectivity index (χ4n) is 3.72. The van der Waals surface area contributed by atoms with Crippen LogP contribution in [-0.2, 0) is 16.1 Å². The Bertz CT molecular complexity index is 1310. The van der Waals surface area contributed by atoms with Gasteiger partial charge in [-0.3, -0.25) is 9.59 Å². The topological polar surface area (TPSA) is 115 Å². The van der Waals surface area contributed by atoms with E-state index < -0.39 is 12.0 Å². The second-order valence-electron chi connectivity index (χ2n) is 8.78. The van der Waals surface area contributed by atoms with Crippen molar-refractivity contribution >= 4 is 46.8 Å². The lowest BCUT2D eigenvalue weighted by molar-refractivity contribution is -0.113. The zero-order chi connectivity index (χ0) is 27.7. The third-order valence-corrected chi connectivity index (χ3v) is 6.70. The predicted octanol–water partition coefficient (Wildman–Crippen LogP) is 5.15. The van der Waals surface area contributed by atoms with Gasteiger partial charge in [0, 0.05) is 12.2 Å². The average molecular weight is 556 g/mol. The second kappa shape index (κ2) is 13.8. The molecule has 3 aromatic rings. The van der Waals surface area contributed by atoms with E-state index in [0.29, 0.717) is 45.8 Å². The van der Waals surface area contributed by atoms with Gasteiger partial charge in [-0.15, -0.1) is 16.8 Å². The summed E-state index contributed by atoms with van der Waals surface area (Å²) in [5, 5.41) is 15.4. The van der Waals surface area contributed by atoms with Crippen LogP contribution >= 0.6 is 23.4 Å². The highest BCUT2D eigenvalue weighted by molar-refractivity contribution is 7.99. The number of anilines is 1. The first-order valence-corrected chi connectivity index (χ1v) is 13.3. The highest BCUT2D eigenvalue weighted by Gasteiger charge is 2.25. The van der Waals surface area contributed by atoms with Gasteiger partial charge in [0.1, 0.15) is 0 Å². The van der Waals surface area contributed by atoms with Gasteiger partial charge in [-0.1, -0.05) is 61.5 Å². The smallest absolute Gasteiger partial charge is 0.337 e. The Balaban J connectivity index is 1.76. The van der Waals surface area contributed by atoms with Crippen LogP contribution in [0.25, 0.3) is 0 Å². The van der Waals surface area contributed by atoms with Crippen molar-refractivity contribution in [1.82, 2.24) is 20.1 Å². The lowest BCUT2D eigenvalue weighted by atomic mass is 10.0. The molecule has 3 rings (SSSR count). The van der Waals surface area contributed by atoms with Crippen LogP contribution in [0.5, 0.6) is 0 Å². The molecule has 0 saturated heterocycles. The van der Waals surface area contributed by atoms with E-state index in [1.165, 1.54) is 18.9 Å². The van der Waals surface area contributed by atoms with Crippen LogP contribution in [0.15, 0.2) is 66.3 Å². The molecule has 1 heterocycles. The molecule has 0 spiro atoms. The lowest BCUT2D eigenvalue weighted by Gasteiger charge is -2.21. The number of hydrogen-bond donors (Lipinski definition) is 2. The van der Waals surface area contributed by atoms with E-state index in [1.807, 2.05) is 4.57 Å². The molecule has 9 nitrogen and oxygen atoms in total. The zero-order valence-corrected chi connectivity index (χ0v) is 23.0. The number of amides is 2. The summed E-state index contributed by atoms with van der Waals surface area (Å²) in [6.45, 7) is 8.33. The van der Waals surface area contributed by atoms with Gasteiger partial charge >= 0.3 is 5.97 Å². The molecule has 11 heteroatoms. The number of methoxy groups -OCH3 is 1. The van der Waals surface area contributed by atoms with Gasteiger partial charge in [0.05, 0.1) is 35.1 Å². The van der Waals surface area contributed by atoms with E-state index in [9.17, 15) is 14.4 Å². The van der Waals surface area contributed by atoms with Crippen LogP contribution in [0.3, 0.4) is 0 Å². The fraction of sp³-hybridized carbons (Fsp3) is 0.296. The molecular formula is C27H30ClN5O4S. The van der Waals surface area contributed by atoms with Gasteiger partial charge < -0.3 is 19.9 Å². The number of esters is 1. The summed E-state index contributed by atoms with van der Waals surface area (Å²) in [5.74, 6) is -0.207. The summed E-state index contributed by atoms with van der Waals surface area (Å²) in [5.41, 5.74) is 1.19. The number of aromatic nitrogens is 3. The Hall–Kier alpha value is -3.63. The first-order chi connectivity index (χ1) is 18.2. The van der Waals surface area contributed by atoms with E-state index in [0.717, 1.165) is 0 Å². The maximum Gasteiger partial charge on any atom is 0.337 e. The minimum atomic E-state index is -0.488. The fourth-order valence-corrected chi connectivity index (χ4v) is 4.69. The van der Waals surface area contributed by atoms with Gasteiger partial charge in [0.2, 0.25) is 5.91 Å². The van der Waals surface area contributed by atoms with Gasteiger partial charge in [0.25, 0.3) is 5.91 Å². The van der Waals surface area contributed by atoms with Crippen molar-refractivity contribution in [2.45, 2.75) is 38.0 Å². The predicted molar refractivity (Wildman–Crippen MR) is 148 cm³/mol. The van der Waals surface area contributed by atoms with Crippen molar-refractivity contribution in [1.29, 1.82) is 0 Å². The number of benzene rings is 2. The van der Waals surface area contributed by atoms with Crippen molar-refractivity contribution in [3.05, 3.63) is 83.2 Å². The summed E-state index contributed by atoms with van der Waals surface area (Å²) >= 11 is 7.44. The SMILES string of the molecule is C=CCn1c(SCC(=O)Nc2cccc(C(=O)OC)c2)nnc1[C@H](CC(C)C)NC(=O)c1ccccc1Cl. The Morgan fingerprint density at radius 3 is 2.61 bits per heavy atom. The molecule has 2 aromatic carbocycles. The number of rotatable bonds is 12. The van der Waals surface area contributed by atoms with Gasteiger partial charge in [-0.25, -0.2) is 4.79 Å². The Labute approximate surface area is 231 Å². The minimum Gasteiger partial charge on any atom is -0.465 e. The van der Waals surface area contributed by atoms with E-state index in [4.69, 9.17) is 16.3 Å². The highest BCUT2D eigenvalue weighted by atomic mass is 35.5. The zero-order valence-electron chi connectivity index (χ0n) is 21.4. The normalized spacial score (nSPS) is 11.6. The van der Waals surface area contributed by atoms with Crippen molar-refractivity contribution in [3.63, 3.8) is 0 Å². The first kappa shape index (κ1) is 28.9. The summed E-state index contributed by atoms with van der Waals surface area (Å²) < 4.78 is 6.56. The van der Waals surface area contributed by atoms with Crippen molar-refractivity contribution in [2.75, 3.05) is 18.2 Å². The maximum absolute atomic E-state index is 13.0. The monoisotopic (exact) mass is 555 g/mol. The van der Waals surface area contributed by atoms with Crippen molar-refractivity contribution in [2.24, 2.45) is 5.92 Å². The standard InChI is InChI=1S/C27H30ClN5O4S/c1-5-13-33-24(22(14-17(2)3)30-25(35)20-11-6-7-12-21(20)28)31-32-27(33)38-16-23(34)29-19-10-8-9-18(15-19)26(36)37-4/h5-12,15,17,22H,1,13-14,16H2,2-4H3,(H,29,34)(H,30,35)/t22-/m0/s1. The minimum absolute atomic E-state index is 0.0541. The molecular weight excluding hydrogens is 526 g/mol. The van der Waals surface area contributed by atoms with E-state index in [2.05, 4.69) is 41.3 Å². The van der Waals surface area contributed by atoms with Crippen LogP contribution in [0.4, 0.5) is 5.69 Å². The number of ether oxygens (including phenoxy) is 1.